The molecule has 3 nitrogen and oxygen atoms in total. The van der Waals surface area contributed by atoms with Crippen molar-refractivity contribution in [3.05, 3.63) is 33.8 Å². The van der Waals surface area contributed by atoms with Gasteiger partial charge in [-0.05, 0) is 6.07 Å². The Morgan fingerprint density at radius 3 is 2.75 bits per heavy atom. The van der Waals surface area contributed by atoms with Gasteiger partial charge in [0.05, 0.1) is 6.21 Å². The number of benzene rings is 1. The summed E-state index contributed by atoms with van der Waals surface area (Å²) in [5.74, 6) is 4.98. The number of hydrazone groups is 1. The number of carbonyl (C=O) groups excluding carboxylic acids is 1. The number of nitrogens with two attached hydrogens (primary N) is 1. The normalized spacial score (nSPS) is 10.4. The van der Waals surface area contributed by atoms with Gasteiger partial charge < -0.3 is 5.84 Å². The summed E-state index contributed by atoms with van der Waals surface area (Å²) in [5, 5.41) is 3.38. The summed E-state index contributed by atoms with van der Waals surface area (Å²) in [6.45, 7) is 0. The standard InChI is InChI=1S/C8H7BrN2O/c9-8-3-6(5-12)1-2-7(8)4-11-10/h1-5H,10H2/b11-4-. The van der Waals surface area contributed by atoms with Crippen molar-refractivity contribution < 1.29 is 4.79 Å². The van der Waals surface area contributed by atoms with E-state index in [0.29, 0.717) is 5.56 Å². The summed E-state index contributed by atoms with van der Waals surface area (Å²) in [4.78, 5) is 10.3. The third-order valence-corrected chi connectivity index (χ3v) is 2.06. The second-order valence-corrected chi connectivity index (χ2v) is 3.03. The van der Waals surface area contributed by atoms with E-state index in [-0.39, 0.29) is 0 Å². The highest BCUT2D eigenvalue weighted by Crippen LogP contribution is 2.15. The number of hydrogen-bond acceptors (Lipinski definition) is 3. The Kier molecular flexibility index (Phi) is 2.99. The van der Waals surface area contributed by atoms with Crippen LogP contribution in [0.3, 0.4) is 0 Å². The van der Waals surface area contributed by atoms with Gasteiger partial charge in [0.1, 0.15) is 6.29 Å². The lowest BCUT2D eigenvalue weighted by Gasteiger charge is -1.97. The maximum atomic E-state index is 10.3. The van der Waals surface area contributed by atoms with Crippen LogP contribution < -0.4 is 5.84 Å². The number of nitrogens with zero attached hydrogens (tertiary/aromatic N) is 1. The van der Waals surface area contributed by atoms with Gasteiger partial charge in [-0.2, -0.15) is 5.10 Å². The Bertz CT molecular complexity index is 323. The fraction of sp³-hybridized carbons (Fsp3) is 0. The summed E-state index contributed by atoms with van der Waals surface area (Å²) in [7, 11) is 0. The van der Waals surface area contributed by atoms with Gasteiger partial charge in [-0.15, -0.1) is 0 Å². The topological polar surface area (TPSA) is 55.4 Å². The van der Waals surface area contributed by atoms with Crippen LogP contribution in [0.4, 0.5) is 0 Å². The van der Waals surface area contributed by atoms with Crippen LogP contribution in [0, 0.1) is 0 Å². The van der Waals surface area contributed by atoms with Crippen molar-refractivity contribution in [3.8, 4) is 0 Å². The zero-order chi connectivity index (χ0) is 8.97. The van der Waals surface area contributed by atoms with E-state index >= 15 is 0 Å². The molecule has 0 saturated carbocycles. The van der Waals surface area contributed by atoms with Gasteiger partial charge in [0, 0.05) is 15.6 Å². The fourth-order valence-electron chi connectivity index (χ4n) is 0.802. The van der Waals surface area contributed by atoms with Crippen molar-refractivity contribution in [2.45, 2.75) is 0 Å². The molecule has 0 fully saturated rings. The average molecular weight is 227 g/mol. The molecular weight excluding hydrogens is 220 g/mol. The highest BCUT2D eigenvalue weighted by atomic mass is 79.9. The monoisotopic (exact) mass is 226 g/mol. The molecule has 1 aromatic carbocycles. The van der Waals surface area contributed by atoms with Crippen LogP contribution in [0.25, 0.3) is 0 Å². The van der Waals surface area contributed by atoms with Gasteiger partial charge in [0.15, 0.2) is 0 Å². The van der Waals surface area contributed by atoms with Crippen LogP contribution in [0.1, 0.15) is 15.9 Å². The van der Waals surface area contributed by atoms with Gasteiger partial charge in [-0.25, -0.2) is 0 Å². The molecule has 0 aliphatic rings. The van der Waals surface area contributed by atoms with Crippen LogP contribution in [0.5, 0.6) is 0 Å². The highest BCUT2D eigenvalue weighted by Gasteiger charge is 1.97. The zero-order valence-corrected chi connectivity index (χ0v) is 7.78. The Hall–Kier alpha value is -1.16. The van der Waals surface area contributed by atoms with E-state index in [1.165, 1.54) is 6.21 Å². The third kappa shape index (κ3) is 1.92. The van der Waals surface area contributed by atoms with E-state index in [0.717, 1.165) is 16.3 Å². The Morgan fingerprint density at radius 2 is 2.25 bits per heavy atom. The number of carbonyl (C=O) groups is 1. The lowest BCUT2D eigenvalue weighted by atomic mass is 10.2. The molecule has 62 valence electrons. The molecule has 0 unspecified atom stereocenters. The molecule has 0 heterocycles. The average Bonchev–Trinajstić information content (AvgIpc) is 2.09. The van der Waals surface area contributed by atoms with Crippen molar-refractivity contribution >= 4 is 28.4 Å². The number of aldehydes is 1. The minimum absolute atomic E-state index is 0.621. The van der Waals surface area contributed by atoms with E-state index in [2.05, 4.69) is 21.0 Å². The Morgan fingerprint density at radius 1 is 1.50 bits per heavy atom. The van der Waals surface area contributed by atoms with E-state index in [1.807, 2.05) is 0 Å². The van der Waals surface area contributed by atoms with Crippen LogP contribution in [-0.2, 0) is 0 Å². The minimum Gasteiger partial charge on any atom is -0.323 e. The summed E-state index contributed by atoms with van der Waals surface area (Å²) in [6.07, 6.45) is 2.30. The summed E-state index contributed by atoms with van der Waals surface area (Å²) in [5.41, 5.74) is 1.47. The van der Waals surface area contributed by atoms with E-state index in [1.54, 1.807) is 18.2 Å². The second kappa shape index (κ2) is 4.01. The first-order valence-corrected chi connectivity index (χ1v) is 4.05. The van der Waals surface area contributed by atoms with Gasteiger partial charge in [0.25, 0.3) is 0 Å². The SMILES string of the molecule is N/N=C\c1ccc(C=O)cc1Br. The van der Waals surface area contributed by atoms with Gasteiger partial charge in [0.2, 0.25) is 0 Å². The van der Waals surface area contributed by atoms with Crippen molar-refractivity contribution in [2.24, 2.45) is 10.9 Å². The second-order valence-electron chi connectivity index (χ2n) is 2.18. The molecule has 0 amide bonds. The quantitative estimate of drug-likeness (QED) is 0.360. The van der Waals surface area contributed by atoms with E-state index in [4.69, 9.17) is 5.84 Å². The summed E-state index contributed by atoms with van der Waals surface area (Å²) in [6, 6.07) is 5.18. The number of hydrogen-bond donors (Lipinski definition) is 1. The smallest absolute Gasteiger partial charge is 0.150 e. The maximum Gasteiger partial charge on any atom is 0.150 e. The zero-order valence-electron chi connectivity index (χ0n) is 6.20. The molecule has 0 bridgehead atoms. The third-order valence-electron chi connectivity index (χ3n) is 1.37. The van der Waals surface area contributed by atoms with Crippen LogP contribution in [0.15, 0.2) is 27.8 Å². The van der Waals surface area contributed by atoms with Gasteiger partial charge in [-0.1, -0.05) is 28.1 Å². The molecule has 0 atom stereocenters. The van der Waals surface area contributed by atoms with Crippen molar-refractivity contribution in [2.75, 3.05) is 0 Å². The van der Waals surface area contributed by atoms with Crippen LogP contribution in [0.2, 0.25) is 0 Å². The molecule has 1 rings (SSSR count). The molecule has 1 aromatic rings. The minimum atomic E-state index is 0.621. The van der Waals surface area contributed by atoms with Crippen molar-refractivity contribution in [1.82, 2.24) is 0 Å². The molecule has 0 aliphatic carbocycles. The lowest BCUT2D eigenvalue weighted by Crippen LogP contribution is -1.89. The highest BCUT2D eigenvalue weighted by molar-refractivity contribution is 9.10. The van der Waals surface area contributed by atoms with Gasteiger partial charge in [-0.3, -0.25) is 4.79 Å². The Labute approximate surface area is 78.4 Å². The molecular formula is C8H7BrN2O. The fourth-order valence-corrected chi connectivity index (χ4v) is 1.30. The maximum absolute atomic E-state index is 10.3. The molecule has 4 heteroatoms. The van der Waals surface area contributed by atoms with E-state index < -0.39 is 0 Å². The molecule has 0 saturated heterocycles. The predicted octanol–water partition coefficient (Wildman–Crippen LogP) is 1.55. The summed E-state index contributed by atoms with van der Waals surface area (Å²) < 4.78 is 0.807. The van der Waals surface area contributed by atoms with Crippen molar-refractivity contribution in [3.63, 3.8) is 0 Å². The van der Waals surface area contributed by atoms with E-state index in [9.17, 15) is 4.79 Å². The lowest BCUT2D eigenvalue weighted by molar-refractivity contribution is 0.112. The number of rotatable bonds is 2. The van der Waals surface area contributed by atoms with Gasteiger partial charge >= 0.3 is 0 Å². The molecule has 0 spiro atoms. The summed E-state index contributed by atoms with van der Waals surface area (Å²) >= 11 is 3.28. The van der Waals surface area contributed by atoms with Crippen LogP contribution >= 0.6 is 15.9 Å². The molecule has 0 radical (unpaired) electrons. The molecule has 12 heavy (non-hydrogen) atoms. The first-order valence-electron chi connectivity index (χ1n) is 3.26. The predicted molar refractivity (Wildman–Crippen MR) is 51.3 cm³/mol. The first kappa shape index (κ1) is 8.93. The van der Waals surface area contributed by atoms with Crippen molar-refractivity contribution in [1.29, 1.82) is 0 Å². The molecule has 0 aromatic heterocycles. The molecule has 0 aliphatic heterocycles. The Balaban J connectivity index is 3.11. The molecule has 2 N–H and O–H groups in total. The number of halogens is 1. The first-order chi connectivity index (χ1) is 5.77. The largest absolute Gasteiger partial charge is 0.323 e. The van der Waals surface area contributed by atoms with Crippen LogP contribution in [-0.4, -0.2) is 12.5 Å².